The number of carbonyl (C=O) groups is 1. The van der Waals surface area contributed by atoms with Crippen molar-refractivity contribution in [3.05, 3.63) is 60.2 Å². The average Bonchev–Trinajstić information content (AvgIpc) is 2.49. The van der Waals surface area contributed by atoms with E-state index in [-0.39, 0.29) is 5.91 Å². The summed E-state index contributed by atoms with van der Waals surface area (Å²) < 4.78 is 0. The molecular weight excluding hydrogens is 266 g/mol. The van der Waals surface area contributed by atoms with Gasteiger partial charge in [0.15, 0.2) is 0 Å². The number of carbonyl (C=O) groups excluding carboxylic acids is 1. The number of anilines is 1. The molecule has 0 aromatic heterocycles. The van der Waals surface area contributed by atoms with Gasteiger partial charge in [-0.1, -0.05) is 30.3 Å². The number of hydrogen-bond acceptors (Lipinski definition) is 2. The van der Waals surface area contributed by atoms with Crippen LogP contribution in [0.15, 0.2) is 59.5 Å². The maximum atomic E-state index is 12.5. The predicted molar refractivity (Wildman–Crippen MR) is 86.3 cm³/mol. The standard InChI is InChI=1S/C17H19NOS/c1-17(2,13-7-5-4-6-8-13)16(19)18-14-9-11-15(20-3)12-10-14/h4-12H,1-3H3,(H,18,19). The van der Waals surface area contributed by atoms with Crippen LogP contribution in [-0.2, 0) is 10.2 Å². The molecule has 2 aromatic carbocycles. The topological polar surface area (TPSA) is 29.1 Å². The van der Waals surface area contributed by atoms with Gasteiger partial charge in [0.1, 0.15) is 0 Å². The van der Waals surface area contributed by atoms with Gasteiger partial charge in [0.2, 0.25) is 5.91 Å². The van der Waals surface area contributed by atoms with E-state index in [4.69, 9.17) is 0 Å². The van der Waals surface area contributed by atoms with Crippen LogP contribution >= 0.6 is 11.8 Å². The van der Waals surface area contributed by atoms with Gasteiger partial charge in [-0.05, 0) is 49.9 Å². The Morgan fingerprint density at radius 3 is 2.15 bits per heavy atom. The molecule has 20 heavy (non-hydrogen) atoms. The molecule has 2 aromatic rings. The van der Waals surface area contributed by atoms with E-state index in [1.54, 1.807) is 11.8 Å². The molecule has 3 heteroatoms. The summed E-state index contributed by atoms with van der Waals surface area (Å²) in [6.45, 7) is 3.88. The molecule has 2 rings (SSSR count). The Bertz CT molecular complexity index is 576. The molecule has 2 nitrogen and oxygen atoms in total. The van der Waals surface area contributed by atoms with E-state index < -0.39 is 5.41 Å². The molecule has 1 N–H and O–H groups in total. The van der Waals surface area contributed by atoms with E-state index in [9.17, 15) is 4.79 Å². The number of thioether (sulfide) groups is 1. The zero-order valence-corrected chi connectivity index (χ0v) is 12.8. The van der Waals surface area contributed by atoms with Crippen molar-refractivity contribution in [2.24, 2.45) is 0 Å². The summed E-state index contributed by atoms with van der Waals surface area (Å²) in [5.74, 6) is 0.000557. The van der Waals surface area contributed by atoms with Crippen molar-refractivity contribution in [2.45, 2.75) is 24.2 Å². The maximum absolute atomic E-state index is 12.5. The van der Waals surface area contributed by atoms with Gasteiger partial charge in [0, 0.05) is 10.6 Å². The number of rotatable bonds is 4. The Morgan fingerprint density at radius 1 is 1.00 bits per heavy atom. The molecule has 0 aliphatic heterocycles. The van der Waals surface area contributed by atoms with Crippen LogP contribution in [0.1, 0.15) is 19.4 Å². The zero-order valence-electron chi connectivity index (χ0n) is 12.0. The fourth-order valence-electron chi connectivity index (χ4n) is 1.95. The Morgan fingerprint density at radius 2 is 1.60 bits per heavy atom. The SMILES string of the molecule is CSc1ccc(NC(=O)C(C)(C)c2ccccc2)cc1. The van der Waals surface area contributed by atoms with E-state index in [0.717, 1.165) is 11.3 Å². The van der Waals surface area contributed by atoms with E-state index in [1.807, 2.05) is 74.7 Å². The molecule has 0 atom stereocenters. The van der Waals surface area contributed by atoms with Gasteiger partial charge in [0.25, 0.3) is 0 Å². The van der Waals surface area contributed by atoms with Gasteiger partial charge in [-0.25, -0.2) is 0 Å². The summed E-state index contributed by atoms with van der Waals surface area (Å²) >= 11 is 1.69. The van der Waals surface area contributed by atoms with Crippen LogP contribution < -0.4 is 5.32 Å². The van der Waals surface area contributed by atoms with Crippen molar-refractivity contribution in [3.8, 4) is 0 Å². The summed E-state index contributed by atoms with van der Waals surface area (Å²) in [5.41, 5.74) is 1.29. The number of amides is 1. The minimum absolute atomic E-state index is 0.000557. The molecule has 1 amide bonds. The Kier molecular flexibility index (Phi) is 4.50. The number of benzene rings is 2. The average molecular weight is 285 g/mol. The second-order valence-electron chi connectivity index (χ2n) is 5.17. The highest BCUT2D eigenvalue weighted by Gasteiger charge is 2.29. The molecule has 0 bridgehead atoms. The highest BCUT2D eigenvalue weighted by atomic mass is 32.2. The van der Waals surface area contributed by atoms with Crippen molar-refractivity contribution in [3.63, 3.8) is 0 Å². The van der Waals surface area contributed by atoms with Crippen LogP contribution in [0.4, 0.5) is 5.69 Å². The molecule has 0 aliphatic rings. The molecule has 0 spiro atoms. The fraction of sp³-hybridized carbons (Fsp3) is 0.235. The Hall–Kier alpha value is -1.74. The van der Waals surface area contributed by atoms with E-state index in [1.165, 1.54) is 4.90 Å². The lowest BCUT2D eigenvalue weighted by Gasteiger charge is -2.24. The minimum atomic E-state index is -0.556. The van der Waals surface area contributed by atoms with Crippen molar-refractivity contribution in [2.75, 3.05) is 11.6 Å². The monoisotopic (exact) mass is 285 g/mol. The molecule has 104 valence electrons. The first-order valence-electron chi connectivity index (χ1n) is 6.55. The van der Waals surface area contributed by atoms with Crippen molar-refractivity contribution >= 4 is 23.4 Å². The summed E-state index contributed by atoms with van der Waals surface area (Å²) in [6, 6.07) is 17.7. The zero-order chi connectivity index (χ0) is 14.6. The lowest BCUT2D eigenvalue weighted by molar-refractivity contribution is -0.120. The predicted octanol–water partition coefficient (Wildman–Crippen LogP) is 4.32. The van der Waals surface area contributed by atoms with Gasteiger partial charge in [-0.2, -0.15) is 0 Å². The number of nitrogens with one attached hydrogen (secondary N) is 1. The first-order valence-corrected chi connectivity index (χ1v) is 7.77. The lowest BCUT2D eigenvalue weighted by Crippen LogP contribution is -2.34. The largest absolute Gasteiger partial charge is 0.325 e. The third-order valence-electron chi connectivity index (χ3n) is 3.41. The first-order chi connectivity index (χ1) is 9.54. The van der Waals surface area contributed by atoms with Crippen LogP contribution in [0.2, 0.25) is 0 Å². The third-order valence-corrected chi connectivity index (χ3v) is 4.15. The molecule has 0 fully saturated rings. The van der Waals surface area contributed by atoms with E-state index in [2.05, 4.69) is 5.32 Å². The summed E-state index contributed by atoms with van der Waals surface area (Å²) in [7, 11) is 0. The van der Waals surface area contributed by atoms with Crippen molar-refractivity contribution < 1.29 is 4.79 Å². The molecule has 0 heterocycles. The van der Waals surface area contributed by atoms with Crippen LogP contribution in [0.25, 0.3) is 0 Å². The molecule has 0 saturated carbocycles. The molecular formula is C17H19NOS. The van der Waals surface area contributed by atoms with Crippen LogP contribution in [-0.4, -0.2) is 12.2 Å². The fourth-order valence-corrected chi connectivity index (χ4v) is 2.36. The lowest BCUT2D eigenvalue weighted by atomic mass is 9.83. The maximum Gasteiger partial charge on any atom is 0.234 e. The smallest absolute Gasteiger partial charge is 0.234 e. The van der Waals surface area contributed by atoms with Gasteiger partial charge >= 0.3 is 0 Å². The Labute approximate surface area is 124 Å². The van der Waals surface area contributed by atoms with Crippen molar-refractivity contribution in [1.82, 2.24) is 0 Å². The second kappa shape index (κ2) is 6.14. The second-order valence-corrected chi connectivity index (χ2v) is 6.05. The molecule has 0 aliphatic carbocycles. The highest BCUT2D eigenvalue weighted by Crippen LogP contribution is 2.25. The van der Waals surface area contributed by atoms with E-state index in [0.29, 0.717) is 0 Å². The molecule has 0 saturated heterocycles. The minimum Gasteiger partial charge on any atom is -0.325 e. The summed E-state index contributed by atoms with van der Waals surface area (Å²) in [4.78, 5) is 13.7. The van der Waals surface area contributed by atoms with Crippen LogP contribution in [0.5, 0.6) is 0 Å². The van der Waals surface area contributed by atoms with Gasteiger partial charge in [0.05, 0.1) is 5.41 Å². The third kappa shape index (κ3) is 3.23. The van der Waals surface area contributed by atoms with Crippen LogP contribution in [0, 0.1) is 0 Å². The summed E-state index contributed by atoms with van der Waals surface area (Å²) in [6.07, 6.45) is 2.03. The normalized spacial score (nSPS) is 11.2. The number of hydrogen-bond donors (Lipinski definition) is 1. The van der Waals surface area contributed by atoms with Gasteiger partial charge in [-0.15, -0.1) is 11.8 Å². The molecule has 0 radical (unpaired) electrons. The highest BCUT2D eigenvalue weighted by molar-refractivity contribution is 7.98. The first kappa shape index (κ1) is 14.7. The van der Waals surface area contributed by atoms with Gasteiger partial charge < -0.3 is 5.32 Å². The quantitative estimate of drug-likeness (QED) is 0.847. The summed E-state index contributed by atoms with van der Waals surface area (Å²) in [5, 5.41) is 2.98. The molecule has 0 unspecified atom stereocenters. The Balaban J connectivity index is 2.14. The van der Waals surface area contributed by atoms with Crippen molar-refractivity contribution in [1.29, 1.82) is 0 Å². The van der Waals surface area contributed by atoms with Crippen LogP contribution in [0.3, 0.4) is 0 Å². The van der Waals surface area contributed by atoms with E-state index >= 15 is 0 Å². The van der Waals surface area contributed by atoms with Gasteiger partial charge in [-0.3, -0.25) is 4.79 Å².